The normalized spacial score (nSPS) is 24.1. The second kappa shape index (κ2) is 5.76. The van der Waals surface area contributed by atoms with Crippen LogP contribution in [-0.4, -0.2) is 39.8 Å². The van der Waals surface area contributed by atoms with E-state index in [0.717, 1.165) is 25.3 Å². The zero-order valence-electron chi connectivity index (χ0n) is 11.7. The van der Waals surface area contributed by atoms with Gasteiger partial charge in [0.2, 0.25) is 0 Å². The Morgan fingerprint density at radius 3 is 2.83 bits per heavy atom. The second-order valence-electron chi connectivity index (χ2n) is 5.34. The molecule has 0 amide bonds. The predicted octanol–water partition coefficient (Wildman–Crippen LogP) is 1.83. The quantitative estimate of drug-likeness (QED) is 0.882. The Bertz CT molecular complexity index is 361. The van der Waals surface area contributed by atoms with Crippen molar-refractivity contribution in [3.63, 3.8) is 0 Å². The fraction of sp³-hybridized carbons (Fsp3) is 0.714. The van der Waals surface area contributed by atoms with Crippen LogP contribution in [-0.2, 0) is 6.54 Å². The van der Waals surface area contributed by atoms with Crippen LogP contribution in [0.3, 0.4) is 0 Å². The highest BCUT2D eigenvalue weighted by atomic mass is 15.3. The first kappa shape index (κ1) is 13.4. The van der Waals surface area contributed by atoms with Crippen molar-refractivity contribution in [3.8, 4) is 0 Å². The summed E-state index contributed by atoms with van der Waals surface area (Å²) in [6.07, 6.45) is 4.08. The maximum absolute atomic E-state index is 4.19. The van der Waals surface area contributed by atoms with Gasteiger partial charge in [0.25, 0.3) is 0 Å². The zero-order valence-corrected chi connectivity index (χ0v) is 11.7. The monoisotopic (exact) mass is 248 g/mol. The molecule has 18 heavy (non-hydrogen) atoms. The molecule has 2 rings (SSSR count). The molecule has 1 unspecified atom stereocenters. The molecule has 0 radical (unpaired) electrons. The van der Waals surface area contributed by atoms with Gasteiger partial charge < -0.3 is 5.32 Å². The van der Waals surface area contributed by atoms with E-state index >= 15 is 0 Å². The molecule has 1 atom stereocenters. The van der Waals surface area contributed by atoms with Gasteiger partial charge in [-0.05, 0) is 31.9 Å². The van der Waals surface area contributed by atoms with Gasteiger partial charge in [0.05, 0.1) is 5.69 Å². The lowest BCUT2D eigenvalue weighted by atomic mass is 9.88. The van der Waals surface area contributed by atoms with Crippen molar-refractivity contribution >= 4 is 0 Å². The van der Waals surface area contributed by atoms with Crippen molar-refractivity contribution in [1.29, 1.82) is 0 Å². The summed E-state index contributed by atoms with van der Waals surface area (Å²) < 4.78 is 0. The average Bonchev–Trinajstić information content (AvgIpc) is 2.43. The Labute approximate surface area is 110 Å². The van der Waals surface area contributed by atoms with Gasteiger partial charge in [0.15, 0.2) is 0 Å². The van der Waals surface area contributed by atoms with E-state index in [0.29, 0.717) is 6.04 Å². The molecular weight excluding hydrogens is 224 g/mol. The summed E-state index contributed by atoms with van der Waals surface area (Å²) in [6, 6.07) is 4.57. The van der Waals surface area contributed by atoms with Crippen molar-refractivity contribution in [2.24, 2.45) is 0 Å². The summed E-state index contributed by atoms with van der Waals surface area (Å²) >= 11 is 0. The van der Waals surface area contributed by atoms with Gasteiger partial charge in [0.1, 0.15) is 0 Å². The van der Waals surface area contributed by atoms with Crippen LogP contribution in [0, 0.1) is 0 Å². The van der Waals surface area contributed by atoms with E-state index in [-0.39, 0.29) is 5.54 Å². The Kier molecular flexibility index (Phi) is 4.30. The van der Waals surface area contributed by atoms with Gasteiger partial charge in [-0.1, -0.05) is 13.8 Å². The van der Waals surface area contributed by atoms with Crippen LogP contribution in [0.25, 0.3) is 0 Å². The highest BCUT2D eigenvalue weighted by molar-refractivity contribution is 5.02. The van der Waals surface area contributed by atoms with E-state index in [1.807, 2.05) is 6.07 Å². The summed E-state index contributed by atoms with van der Waals surface area (Å²) in [6.45, 7) is 9.87. The summed E-state index contributed by atoms with van der Waals surface area (Å²) in [5, 5.41) is 11.9. The first-order valence-electron chi connectivity index (χ1n) is 6.95. The first-order chi connectivity index (χ1) is 8.69. The van der Waals surface area contributed by atoms with Crippen LogP contribution in [0.4, 0.5) is 0 Å². The van der Waals surface area contributed by atoms with Gasteiger partial charge in [0, 0.05) is 37.4 Å². The number of hydrogen-bond donors (Lipinski definition) is 1. The van der Waals surface area contributed by atoms with E-state index in [1.165, 1.54) is 12.8 Å². The minimum absolute atomic E-state index is 0.273. The molecule has 4 heteroatoms. The third kappa shape index (κ3) is 2.87. The molecule has 1 aliphatic rings. The molecule has 1 fully saturated rings. The van der Waals surface area contributed by atoms with Crippen LogP contribution in [0.15, 0.2) is 18.3 Å². The van der Waals surface area contributed by atoms with Crippen molar-refractivity contribution < 1.29 is 0 Å². The van der Waals surface area contributed by atoms with Gasteiger partial charge in [-0.2, -0.15) is 10.2 Å². The Hall–Kier alpha value is -1.00. The predicted molar refractivity (Wildman–Crippen MR) is 73.2 cm³/mol. The summed E-state index contributed by atoms with van der Waals surface area (Å²) in [5.74, 6) is 0. The zero-order chi connectivity index (χ0) is 13.0. The third-order valence-electron chi connectivity index (χ3n) is 4.25. The number of piperazine rings is 1. The molecule has 1 aliphatic heterocycles. The number of nitrogens with zero attached hydrogens (tertiary/aromatic N) is 3. The van der Waals surface area contributed by atoms with Gasteiger partial charge in [-0.15, -0.1) is 0 Å². The number of aromatic nitrogens is 2. The molecule has 0 bridgehead atoms. The molecule has 1 N–H and O–H groups in total. The van der Waals surface area contributed by atoms with Gasteiger partial charge in [-0.25, -0.2) is 0 Å². The summed E-state index contributed by atoms with van der Waals surface area (Å²) in [4.78, 5) is 2.52. The molecular formula is C14H24N4. The topological polar surface area (TPSA) is 41.1 Å². The van der Waals surface area contributed by atoms with Crippen molar-refractivity contribution in [3.05, 3.63) is 24.0 Å². The largest absolute Gasteiger partial charge is 0.308 e. The Morgan fingerprint density at radius 1 is 1.44 bits per heavy atom. The molecule has 1 aromatic rings. The summed E-state index contributed by atoms with van der Waals surface area (Å²) in [7, 11) is 0. The lowest BCUT2D eigenvalue weighted by Crippen LogP contribution is -2.62. The smallest absolute Gasteiger partial charge is 0.0771 e. The number of rotatable bonds is 4. The Morgan fingerprint density at radius 2 is 2.22 bits per heavy atom. The lowest BCUT2D eigenvalue weighted by molar-refractivity contribution is 0.0733. The molecule has 2 heterocycles. The maximum Gasteiger partial charge on any atom is 0.0771 e. The van der Waals surface area contributed by atoms with Crippen LogP contribution in [0.1, 0.15) is 39.3 Å². The number of hydrogen-bond acceptors (Lipinski definition) is 4. The molecule has 0 spiro atoms. The molecule has 0 aliphatic carbocycles. The number of nitrogens with one attached hydrogen (secondary N) is 1. The SMILES string of the molecule is CCC1(CC)CN(Cc2cccnn2)C(C)CN1. The highest BCUT2D eigenvalue weighted by Crippen LogP contribution is 2.23. The molecule has 4 nitrogen and oxygen atoms in total. The van der Waals surface area contributed by atoms with Crippen molar-refractivity contribution in [2.45, 2.75) is 51.7 Å². The summed E-state index contributed by atoms with van der Waals surface area (Å²) in [5.41, 5.74) is 1.33. The standard InChI is InChI=1S/C14H24N4/c1-4-14(5-2)11-18(12(3)9-15-14)10-13-7-6-8-16-17-13/h6-8,12,15H,4-5,9-11H2,1-3H3. The first-order valence-corrected chi connectivity index (χ1v) is 6.95. The minimum atomic E-state index is 0.273. The van der Waals surface area contributed by atoms with Crippen LogP contribution in [0.5, 0.6) is 0 Å². The molecule has 1 aromatic heterocycles. The minimum Gasteiger partial charge on any atom is -0.308 e. The highest BCUT2D eigenvalue weighted by Gasteiger charge is 2.34. The third-order valence-corrected chi connectivity index (χ3v) is 4.25. The molecule has 0 saturated carbocycles. The van der Waals surface area contributed by atoms with Gasteiger partial charge in [-0.3, -0.25) is 4.90 Å². The van der Waals surface area contributed by atoms with Crippen molar-refractivity contribution in [1.82, 2.24) is 20.4 Å². The maximum atomic E-state index is 4.19. The lowest BCUT2D eigenvalue weighted by Gasteiger charge is -2.46. The fourth-order valence-corrected chi connectivity index (χ4v) is 2.65. The van der Waals surface area contributed by atoms with E-state index in [1.54, 1.807) is 6.20 Å². The van der Waals surface area contributed by atoms with Gasteiger partial charge >= 0.3 is 0 Å². The van der Waals surface area contributed by atoms with Crippen LogP contribution in [0.2, 0.25) is 0 Å². The van der Waals surface area contributed by atoms with E-state index < -0.39 is 0 Å². The van der Waals surface area contributed by atoms with E-state index in [4.69, 9.17) is 0 Å². The molecule has 100 valence electrons. The van der Waals surface area contributed by atoms with Crippen LogP contribution >= 0.6 is 0 Å². The molecule has 0 aromatic carbocycles. The van der Waals surface area contributed by atoms with E-state index in [2.05, 4.69) is 47.3 Å². The molecule has 1 saturated heterocycles. The van der Waals surface area contributed by atoms with Crippen molar-refractivity contribution in [2.75, 3.05) is 13.1 Å². The Balaban J connectivity index is 2.06. The average molecular weight is 248 g/mol. The fourth-order valence-electron chi connectivity index (χ4n) is 2.65. The van der Waals surface area contributed by atoms with E-state index in [9.17, 15) is 0 Å². The van der Waals surface area contributed by atoms with Crippen LogP contribution < -0.4 is 5.32 Å². The second-order valence-corrected chi connectivity index (χ2v) is 5.34.